The van der Waals surface area contributed by atoms with E-state index in [1.54, 1.807) is 23.2 Å². The van der Waals surface area contributed by atoms with Crippen molar-refractivity contribution in [1.82, 2.24) is 19.3 Å². The van der Waals surface area contributed by atoms with Gasteiger partial charge in [0.1, 0.15) is 0 Å². The molecule has 1 fully saturated rings. The molecule has 1 amide bonds. The second kappa shape index (κ2) is 7.25. The number of hydrogen-bond acceptors (Lipinski definition) is 5. The SMILES string of the molecule is O=C(c1ccco1)N1CCN(c2nccn3c(-c4cccc(Cl)c4)cnc23)CC1. The van der Waals surface area contributed by atoms with E-state index in [-0.39, 0.29) is 5.91 Å². The Balaban J connectivity index is 1.40. The summed E-state index contributed by atoms with van der Waals surface area (Å²) < 4.78 is 7.25. The quantitative estimate of drug-likeness (QED) is 0.519. The lowest BCUT2D eigenvalue weighted by molar-refractivity contribution is 0.0714. The number of hydrogen-bond donors (Lipinski definition) is 0. The Morgan fingerprint density at radius 1 is 1.07 bits per heavy atom. The van der Waals surface area contributed by atoms with Gasteiger partial charge in [0, 0.05) is 49.2 Å². The molecule has 0 N–H and O–H groups in total. The van der Waals surface area contributed by atoms with Crippen molar-refractivity contribution in [3.8, 4) is 11.3 Å². The van der Waals surface area contributed by atoms with Gasteiger partial charge in [-0.1, -0.05) is 23.7 Å². The minimum absolute atomic E-state index is 0.0788. The van der Waals surface area contributed by atoms with E-state index in [1.807, 2.05) is 41.1 Å². The van der Waals surface area contributed by atoms with Crippen LogP contribution in [-0.4, -0.2) is 51.4 Å². The van der Waals surface area contributed by atoms with Crippen LogP contribution >= 0.6 is 11.6 Å². The monoisotopic (exact) mass is 407 g/mol. The number of nitrogens with zero attached hydrogens (tertiary/aromatic N) is 5. The minimum atomic E-state index is -0.0788. The molecule has 1 aromatic carbocycles. The highest BCUT2D eigenvalue weighted by Crippen LogP contribution is 2.27. The van der Waals surface area contributed by atoms with Crippen molar-refractivity contribution in [2.45, 2.75) is 0 Å². The highest BCUT2D eigenvalue weighted by molar-refractivity contribution is 6.30. The van der Waals surface area contributed by atoms with Crippen LogP contribution in [0.4, 0.5) is 5.82 Å². The van der Waals surface area contributed by atoms with Crippen LogP contribution in [-0.2, 0) is 0 Å². The van der Waals surface area contributed by atoms with Crippen molar-refractivity contribution in [3.63, 3.8) is 0 Å². The maximum Gasteiger partial charge on any atom is 0.289 e. The Morgan fingerprint density at radius 3 is 2.69 bits per heavy atom. The van der Waals surface area contributed by atoms with Gasteiger partial charge in [-0.05, 0) is 24.3 Å². The molecule has 1 saturated heterocycles. The molecule has 4 aromatic rings. The van der Waals surface area contributed by atoms with Gasteiger partial charge in [0.05, 0.1) is 18.2 Å². The Labute approximate surface area is 172 Å². The summed E-state index contributed by atoms with van der Waals surface area (Å²) in [6.07, 6.45) is 7.03. The van der Waals surface area contributed by atoms with E-state index in [0.717, 1.165) is 22.7 Å². The molecule has 0 radical (unpaired) electrons. The zero-order chi connectivity index (χ0) is 19.8. The van der Waals surface area contributed by atoms with E-state index >= 15 is 0 Å². The standard InChI is InChI=1S/C21H18ClN5O2/c22-16-4-1-3-15(13-16)17-14-24-20-19(23-6-7-27(17)20)25-8-10-26(11-9-25)21(28)18-5-2-12-29-18/h1-7,12-14H,8-11H2. The molecule has 0 bridgehead atoms. The van der Waals surface area contributed by atoms with Crippen LogP contribution in [0.2, 0.25) is 5.02 Å². The number of furan rings is 1. The molecule has 5 rings (SSSR count). The molecule has 3 aromatic heterocycles. The van der Waals surface area contributed by atoms with Gasteiger partial charge >= 0.3 is 0 Å². The molecule has 7 nitrogen and oxygen atoms in total. The Hall–Kier alpha value is -3.32. The van der Waals surface area contributed by atoms with E-state index in [0.29, 0.717) is 37.0 Å². The molecular formula is C21H18ClN5O2. The molecular weight excluding hydrogens is 390 g/mol. The van der Waals surface area contributed by atoms with Gasteiger partial charge in [0.25, 0.3) is 5.91 Å². The van der Waals surface area contributed by atoms with E-state index in [2.05, 4.69) is 14.9 Å². The van der Waals surface area contributed by atoms with Crippen LogP contribution < -0.4 is 4.90 Å². The van der Waals surface area contributed by atoms with Gasteiger partial charge in [-0.15, -0.1) is 0 Å². The molecule has 0 spiro atoms. The number of fused-ring (bicyclic) bond motifs is 1. The average molecular weight is 408 g/mol. The molecule has 1 aliphatic rings. The number of imidazole rings is 1. The third-order valence-corrected chi connectivity index (χ3v) is 5.36. The summed E-state index contributed by atoms with van der Waals surface area (Å²) in [5.74, 6) is 1.11. The van der Waals surface area contributed by atoms with Crippen LogP contribution in [0.3, 0.4) is 0 Å². The van der Waals surface area contributed by atoms with Crippen molar-refractivity contribution in [3.05, 3.63) is 72.0 Å². The van der Waals surface area contributed by atoms with Gasteiger partial charge < -0.3 is 14.2 Å². The van der Waals surface area contributed by atoms with Crippen LogP contribution in [0.25, 0.3) is 16.9 Å². The predicted molar refractivity (Wildman–Crippen MR) is 110 cm³/mol. The van der Waals surface area contributed by atoms with E-state index in [9.17, 15) is 4.79 Å². The first-order chi connectivity index (χ1) is 14.2. The Morgan fingerprint density at radius 2 is 1.93 bits per heavy atom. The van der Waals surface area contributed by atoms with Gasteiger partial charge in [-0.25, -0.2) is 9.97 Å². The smallest absolute Gasteiger partial charge is 0.289 e. The molecule has 0 saturated carbocycles. The molecule has 0 aliphatic carbocycles. The number of halogens is 1. The second-order valence-corrected chi connectivity index (χ2v) is 7.29. The first-order valence-electron chi connectivity index (χ1n) is 9.36. The minimum Gasteiger partial charge on any atom is -0.459 e. The maximum atomic E-state index is 12.5. The van der Waals surface area contributed by atoms with Crippen molar-refractivity contribution < 1.29 is 9.21 Å². The lowest BCUT2D eigenvalue weighted by Crippen LogP contribution is -2.49. The van der Waals surface area contributed by atoms with Crippen LogP contribution in [0.1, 0.15) is 10.6 Å². The van der Waals surface area contributed by atoms with Gasteiger partial charge in [0.2, 0.25) is 0 Å². The fraction of sp³-hybridized carbons (Fsp3) is 0.190. The first kappa shape index (κ1) is 17.8. The summed E-state index contributed by atoms with van der Waals surface area (Å²) in [5.41, 5.74) is 2.74. The van der Waals surface area contributed by atoms with Crippen molar-refractivity contribution in [1.29, 1.82) is 0 Å². The lowest BCUT2D eigenvalue weighted by atomic mass is 10.2. The van der Waals surface area contributed by atoms with E-state index in [1.165, 1.54) is 6.26 Å². The number of amides is 1. The molecule has 146 valence electrons. The summed E-state index contributed by atoms with van der Waals surface area (Å²) >= 11 is 6.15. The summed E-state index contributed by atoms with van der Waals surface area (Å²) in [6.45, 7) is 2.56. The van der Waals surface area contributed by atoms with Crippen LogP contribution in [0.15, 0.2) is 65.7 Å². The predicted octanol–water partition coefficient (Wildman–Crippen LogP) is 3.61. The zero-order valence-corrected chi connectivity index (χ0v) is 16.3. The van der Waals surface area contributed by atoms with Crippen LogP contribution in [0, 0.1) is 0 Å². The third-order valence-electron chi connectivity index (χ3n) is 5.13. The summed E-state index contributed by atoms with van der Waals surface area (Å²) in [5, 5.41) is 0.684. The van der Waals surface area contributed by atoms with Crippen LogP contribution in [0.5, 0.6) is 0 Å². The van der Waals surface area contributed by atoms with E-state index in [4.69, 9.17) is 16.0 Å². The number of anilines is 1. The topological polar surface area (TPSA) is 66.9 Å². The molecule has 29 heavy (non-hydrogen) atoms. The Bertz CT molecular complexity index is 1160. The van der Waals surface area contributed by atoms with Gasteiger partial charge in [-0.2, -0.15) is 0 Å². The molecule has 0 unspecified atom stereocenters. The third kappa shape index (κ3) is 3.23. The number of aromatic nitrogens is 3. The maximum absolute atomic E-state index is 12.5. The van der Waals surface area contributed by atoms with Gasteiger partial charge in [-0.3, -0.25) is 9.20 Å². The number of carbonyl (C=O) groups excluding carboxylic acids is 1. The number of piperazine rings is 1. The van der Waals surface area contributed by atoms with Crippen molar-refractivity contribution >= 4 is 29.0 Å². The average Bonchev–Trinajstić information content (AvgIpc) is 3.43. The highest BCUT2D eigenvalue weighted by Gasteiger charge is 2.26. The number of carbonyl (C=O) groups is 1. The Kier molecular flexibility index (Phi) is 4.44. The lowest BCUT2D eigenvalue weighted by Gasteiger charge is -2.35. The fourth-order valence-electron chi connectivity index (χ4n) is 3.67. The van der Waals surface area contributed by atoms with Crippen molar-refractivity contribution in [2.75, 3.05) is 31.1 Å². The zero-order valence-electron chi connectivity index (χ0n) is 15.5. The summed E-state index contributed by atoms with van der Waals surface area (Å²) in [7, 11) is 0. The highest BCUT2D eigenvalue weighted by atomic mass is 35.5. The second-order valence-electron chi connectivity index (χ2n) is 6.85. The molecule has 1 aliphatic heterocycles. The molecule has 8 heteroatoms. The summed E-state index contributed by atoms with van der Waals surface area (Å²) in [6, 6.07) is 11.1. The largest absolute Gasteiger partial charge is 0.459 e. The molecule has 0 atom stereocenters. The van der Waals surface area contributed by atoms with E-state index < -0.39 is 0 Å². The summed E-state index contributed by atoms with van der Waals surface area (Å²) in [4.78, 5) is 25.6. The number of benzene rings is 1. The normalized spacial score (nSPS) is 14.5. The van der Waals surface area contributed by atoms with Gasteiger partial charge in [0.15, 0.2) is 17.2 Å². The van der Waals surface area contributed by atoms with Crippen molar-refractivity contribution in [2.24, 2.45) is 0 Å². The fourth-order valence-corrected chi connectivity index (χ4v) is 3.86. The molecule has 4 heterocycles. The first-order valence-corrected chi connectivity index (χ1v) is 9.74. The number of rotatable bonds is 3.